The Morgan fingerprint density at radius 2 is 1.50 bits per heavy atom. The molecule has 0 saturated heterocycles. The Bertz CT molecular complexity index is 562. The highest BCUT2D eigenvalue weighted by molar-refractivity contribution is 5.88. The summed E-state index contributed by atoms with van der Waals surface area (Å²) in [6, 6.07) is 0. The van der Waals surface area contributed by atoms with Crippen LogP contribution in [0, 0.1) is 29.1 Å². The zero-order chi connectivity index (χ0) is 17.5. The standard InChI is InChI=1S/C20H28O4/c1-12(18(21)23-3)5-17-16-7-14-6-15(8-16)11-20(17,10-14)9-13(2)19(22)24-4/h14-17H,1-2,5-11H2,3-4H3. The molecule has 0 heterocycles. The second kappa shape index (κ2) is 6.38. The number of carbonyl (C=O) groups excluding carboxylic acids is 2. The first-order valence-corrected chi connectivity index (χ1v) is 8.90. The van der Waals surface area contributed by atoms with Crippen molar-refractivity contribution in [3.63, 3.8) is 0 Å². The Labute approximate surface area is 144 Å². The van der Waals surface area contributed by atoms with E-state index >= 15 is 0 Å². The van der Waals surface area contributed by atoms with Gasteiger partial charge in [0.2, 0.25) is 0 Å². The minimum absolute atomic E-state index is 0.0665. The van der Waals surface area contributed by atoms with Crippen molar-refractivity contribution in [2.45, 2.75) is 44.9 Å². The summed E-state index contributed by atoms with van der Waals surface area (Å²) >= 11 is 0. The first-order valence-electron chi connectivity index (χ1n) is 8.90. The Morgan fingerprint density at radius 1 is 0.958 bits per heavy atom. The Balaban J connectivity index is 1.84. The van der Waals surface area contributed by atoms with Gasteiger partial charge in [-0.05, 0) is 74.0 Å². The van der Waals surface area contributed by atoms with E-state index in [1.54, 1.807) is 0 Å². The molecular formula is C20H28O4. The molecule has 3 atom stereocenters. The van der Waals surface area contributed by atoms with Crippen molar-refractivity contribution >= 4 is 11.9 Å². The van der Waals surface area contributed by atoms with E-state index < -0.39 is 0 Å². The van der Waals surface area contributed by atoms with E-state index in [0.29, 0.717) is 35.8 Å². The molecule has 0 radical (unpaired) electrons. The molecule has 4 nitrogen and oxygen atoms in total. The van der Waals surface area contributed by atoms with Crippen LogP contribution >= 0.6 is 0 Å². The predicted molar refractivity (Wildman–Crippen MR) is 91.0 cm³/mol. The molecule has 3 unspecified atom stereocenters. The molecule has 4 saturated carbocycles. The summed E-state index contributed by atoms with van der Waals surface area (Å²) < 4.78 is 9.71. The minimum Gasteiger partial charge on any atom is -0.466 e. The Morgan fingerprint density at radius 3 is 2.04 bits per heavy atom. The molecule has 24 heavy (non-hydrogen) atoms. The van der Waals surface area contributed by atoms with Crippen molar-refractivity contribution in [3.8, 4) is 0 Å². The summed E-state index contributed by atoms with van der Waals surface area (Å²) in [4.78, 5) is 23.8. The van der Waals surface area contributed by atoms with E-state index in [1.165, 1.54) is 33.5 Å². The molecule has 0 aliphatic heterocycles. The Kier molecular flexibility index (Phi) is 4.58. The molecule has 0 N–H and O–H groups in total. The van der Waals surface area contributed by atoms with E-state index in [2.05, 4.69) is 13.2 Å². The van der Waals surface area contributed by atoms with Gasteiger partial charge in [-0.3, -0.25) is 0 Å². The fourth-order valence-corrected chi connectivity index (χ4v) is 6.11. The van der Waals surface area contributed by atoms with Gasteiger partial charge in [0, 0.05) is 11.1 Å². The van der Waals surface area contributed by atoms with E-state index in [9.17, 15) is 9.59 Å². The number of esters is 2. The lowest BCUT2D eigenvalue weighted by molar-refractivity contribution is -0.141. The summed E-state index contributed by atoms with van der Waals surface area (Å²) in [6.07, 6.45) is 7.45. The highest BCUT2D eigenvalue weighted by atomic mass is 16.5. The number of rotatable bonds is 6. The van der Waals surface area contributed by atoms with Crippen molar-refractivity contribution in [3.05, 3.63) is 24.3 Å². The highest BCUT2D eigenvalue weighted by Crippen LogP contribution is 2.66. The van der Waals surface area contributed by atoms with Gasteiger partial charge in [-0.1, -0.05) is 13.2 Å². The zero-order valence-corrected chi connectivity index (χ0v) is 14.8. The van der Waals surface area contributed by atoms with Crippen LogP contribution in [0.1, 0.15) is 44.9 Å². The van der Waals surface area contributed by atoms with E-state index in [0.717, 1.165) is 24.7 Å². The molecule has 132 valence electrons. The van der Waals surface area contributed by atoms with Gasteiger partial charge < -0.3 is 9.47 Å². The number of ether oxygens (including phenoxy) is 2. The van der Waals surface area contributed by atoms with Crippen molar-refractivity contribution in [2.24, 2.45) is 29.1 Å². The molecule has 4 aliphatic rings. The molecule has 4 fully saturated rings. The summed E-state index contributed by atoms with van der Waals surface area (Å²) in [5.74, 6) is 1.91. The zero-order valence-electron chi connectivity index (χ0n) is 14.8. The topological polar surface area (TPSA) is 52.6 Å². The predicted octanol–water partition coefficient (Wildman–Crippen LogP) is 3.67. The third-order valence-electron chi connectivity index (χ3n) is 6.66. The van der Waals surface area contributed by atoms with Crippen LogP contribution in [0.2, 0.25) is 0 Å². The fraction of sp³-hybridized carbons (Fsp3) is 0.700. The third kappa shape index (κ3) is 2.91. The maximum atomic E-state index is 11.9. The number of hydrogen-bond donors (Lipinski definition) is 0. The molecular weight excluding hydrogens is 304 g/mol. The van der Waals surface area contributed by atoms with Gasteiger partial charge in [-0.15, -0.1) is 0 Å². The van der Waals surface area contributed by atoms with E-state index in [-0.39, 0.29) is 17.4 Å². The van der Waals surface area contributed by atoms with Gasteiger partial charge in [0.05, 0.1) is 14.2 Å². The van der Waals surface area contributed by atoms with Crippen molar-refractivity contribution in [1.29, 1.82) is 0 Å². The molecule has 4 rings (SSSR count). The molecule has 0 aromatic rings. The van der Waals surface area contributed by atoms with Gasteiger partial charge >= 0.3 is 11.9 Å². The SMILES string of the molecule is C=C(CC1C2CC3CC(C2)CC1(CC(=C)C(=O)OC)C3)C(=O)OC. The summed E-state index contributed by atoms with van der Waals surface area (Å²) in [6.45, 7) is 7.93. The largest absolute Gasteiger partial charge is 0.466 e. The van der Waals surface area contributed by atoms with Crippen LogP contribution < -0.4 is 0 Å². The van der Waals surface area contributed by atoms with Crippen molar-refractivity contribution < 1.29 is 19.1 Å². The highest BCUT2D eigenvalue weighted by Gasteiger charge is 2.57. The smallest absolute Gasteiger partial charge is 0.333 e. The average molecular weight is 332 g/mol. The summed E-state index contributed by atoms with van der Waals surface area (Å²) in [5.41, 5.74) is 1.18. The third-order valence-corrected chi connectivity index (χ3v) is 6.66. The molecule has 4 bridgehead atoms. The van der Waals surface area contributed by atoms with Gasteiger partial charge in [0.15, 0.2) is 0 Å². The molecule has 0 spiro atoms. The van der Waals surface area contributed by atoms with Crippen LogP contribution in [0.5, 0.6) is 0 Å². The lowest BCUT2D eigenvalue weighted by Crippen LogP contribution is -2.53. The minimum atomic E-state index is -0.314. The van der Waals surface area contributed by atoms with Crippen LogP contribution in [-0.4, -0.2) is 26.2 Å². The molecule has 4 aliphatic carbocycles. The van der Waals surface area contributed by atoms with Crippen molar-refractivity contribution in [2.75, 3.05) is 14.2 Å². The summed E-state index contributed by atoms with van der Waals surface area (Å²) in [7, 11) is 2.81. The van der Waals surface area contributed by atoms with Crippen LogP contribution in [0.25, 0.3) is 0 Å². The van der Waals surface area contributed by atoms with Crippen LogP contribution in [0.4, 0.5) is 0 Å². The van der Waals surface area contributed by atoms with E-state index in [4.69, 9.17) is 9.47 Å². The van der Waals surface area contributed by atoms with Gasteiger partial charge in [0.1, 0.15) is 0 Å². The van der Waals surface area contributed by atoms with Crippen LogP contribution in [-0.2, 0) is 19.1 Å². The molecule has 0 aromatic heterocycles. The molecule has 4 heteroatoms. The first kappa shape index (κ1) is 17.2. The van der Waals surface area contributed by atoms with Crippen LogP contribution in [0.15, 0.2) is 24.3 Å². The summed E-state index contributed by atoms with van der Waals surface area (Å²) in [5, 5.41) is 0. The van der Waals surface area contributed by atoms with Gasteiger partial charge in [-0.25, -0.2) is 9.59 Å². The lowest BCUT2D eigenvalue weighted by Gasteiger charge is -2.62. The molecule has 0 amide bonds. The molecule has 0 aromatic carbocycles. The normalized spacial score (nSPS) is 36.2. The lowest BCUT2D eigenvalue weighted by atomic mass is 9.43. The monoisotopic (exact) mass is 332 g/mol. The number of methoxy groups -OCH3 is 2. The first-order chi connectivity index (χ1) is 11.4. The van der Waals surface area contributed by atoms with Crippen molar-refractivity contribution in [1.82, 2.24) is 0 Å². The van der Waals surface area contributed by atoms with E-state index in [1.807, 2.05) is 0 Å². The van der Waals surface area contributed by atoms with Gasteiger partial charge in [-0.2, -0.15) is 0 Å². The van der Waals surface area contributed by atoms with Gasteiger partial charge in [0.25, 0.3) is 0 Å². The van der Waals surface area contributed by atoms with Crippen LogP contribution in [0.3, 0.4) is 0 Å². The average Bonchev–Trinajstić information content (AvgIpc) is 2.55. The fourth-order valence-electron chi connectivity index (χ4n) is 6.11. The second-order valence-corrected chi connectivity index (χ2v) is 8.15. The maximum Gasteiger partial charge on any atom is 0.333 e. The number of hydrogen-bond acceptors (Lipinski definition) is 4. The maximum absolute atomic E-state index is 11.9. The number of carbonyl (C=O) groups is 2. The quantitative estimate of drug-likeness (QED) is 0.550. The Hall–Kier alpha value is -1.58. The second-order valence-electron chi connectivity index (χ2n) is 8.15.